The van der Waals surface area contributed by atoms with Crippen molar-refractivity contribution in [3.63, 3.8) is 0 Å². The van der Waals surface area contributed by atoms with Gasteiger partial charge in [0.15, 0.2) is 0 Å². The van der Waals surface area contributed by atoms with Crippen LogP contribution in [0.25, 0.3) is 0 Å². The molecule has 1 unspecified atom stereocenters. The first-order valence-corrected chi connectivity index (χ1v) is 12.3. The summed E-state index contributed by atoms with van der Waals surface area (Å²) in [6, 6.07) is 6.87. The van der Waals surface area contributed by atoms with Crippen LogP contribution in [0.5, 0.6) is 0 Å². The molecule has 0 bridgehead atoms. The molecule has 13 heteroatoms. The molecule has 0 amide bonds. The Balaban J connectivity index is 1.76. The van der Waals surface area contributed by atoms with E-state index in [9.17, 15) is 26.3 Å². The molecule has 39 heavy (non-hydrogen) atoms. The Morgan fingerprint density at radius 1 is 1.00 bits per heavy atom. The molecule has 1 aliphatic heterocycles. The van der Waals surface area contributed by atoms with Crippen LogP contribution in [-0.2, 0) is 18.8 Å². The van der Waals surface area contributed by atoms with Crippen molar-refractivity contribution in [1.29, 1.82) is 0 Å². The highest BCUT2D eigenvalue weighted by atomic mass is 19.4. The summed E-state index contributed by atoms with van der Waals surface area (Å²) in [6.45, 7) is 1.11. The van der Waals surface area contributed by atoms with E-state index in [0.29, 0.717) is 36.6 Å². The van der Waals surface area contributed by atoms with Crippen molar-refractivity contribution >= 4 is 23.3 Å². The lowest BCUT2D eigenvalue weighted by Gasteiger charge is -2.29. The van der Waals surface area contributed by atoms with Crippen LogP contribution < -0.4 is 15.5 Å². The monoisotopic (exact) mass is 553 g/mol. The van der Waals surface area contributed by atoms with Crippen LogP contribution in [-0.4, -0.2) is 60.6 Å². The molecule has 0 aliphatic carbocycles. The number of hydrogen-bond donors (Lipinski definition) is 2. The van der Waals surface area contributed by atoms with Gasteiger partial charge in [-0.3, -0.25) is 0 Å². The van der Waals surface area contributed by atoms with Crippen molar-refractivity contribution in [3.8, 4) is 0 Å². The first-order chi connectivity index (χ1) is 18.4. The number of benzene rings is 1. The molecule has 4 rings (SSSR count). The predicted octanol–water partition coefficient (Wildman–Crippen LogP) is 5.79. The Kier molecular flexibility index (Phi) is 8.19. The van der Waals surface area contributed by atoms with Crippen molar-refractivity contribution in [2.24, 2.45) is 0 Å². The second-order valence-corrected chi connectivity index (χ2v) is 9.56. The third-order valence-corrected chi connectivity index (χ3v) is 6.51. The minimum Gasteiger partial charge on any atom is -0.357 e. The molecule has 0 saturated carbocycles. The van der Waals surface area contributed by atoms with Gasteiger partial charge < -0.3 is 20.4 Å². The predicted molar refractivity (Wildman–Crippen MR) is 137 cm³/mol. The second kappa shape index (κ2) is 11.2. The van der Waals surface area contributed by atoms with Crippen LogP contribution in [0.15, 0.2) is 42.6 Å². The van der Waals surface area contributed by atoms with Crippen LogP contribution in [0.3, 0.4) is 0 Å². The smallest absolute Gasteiger partial charge is 0.357 e. The number of nitrogens with zero attached hydrogens (tertiary/aromatic N) is 5. The molecule has 0 fully saturated rings. The topological polar surface area (TPSA) is 69.2 Å². The number of hydrogen-bond acceptors (Lipinski definition) is 7. The molecule has 3 heterocycles. The van der Waals surface area contributed by atoms with Gasteiger partial charge in [-0.2, -0.15) is 31.3 Å². The molecule has 2 N–H and O–H groups in total. The fraction of sp³-hybridized carbons (Fsp3) is 0.423. The maximum absolute atomic E-state index is 13.8. The van der Waals surface area contributed by atoms with E-state index < -0.39 is 23.5 Å². The minimum atomic E-state index is -4.57. The van der Waals surface area contributed by atoms with Crippen LogP contribution >= 0.6 is 0 Å². The Morgan fingerprint density at radius 2 is 1.72 bits per heavy atom. The molecule has 0 radical (unpaired) electrons. The summed E-state index contributed by atoms with van der Waals surface area (Å²) in [5.41, 5.74) is 0.179. The molecular formula is C26H29F6N7. The van der Waals surface area contributed by atoms with E-state index in [1.54, 1.807) is 11.9 Å². The number of fused-ring (bicyclic) bond motifs is 1. The van der Waals surface area contributed by atoms with E-state index in [2.05, 4.69) is 25.6 Å². The summed E-state index contributed by atoms with van der Waals surface area (Å²) in [4.78, 5) is 16.9. The van der Waals surface area contributed by atoms with Crippen molar-refractivity contribution in [2.75, 3.05) is 56.3 Å². The van der Waals surface area contributed by atoms with Gasteiger partial charge in [-0.25, -0.2) is 9.97 Å². The highest BCUT2D eigenvalue weighted by Gasteiger charge is 2.37. The average molecular weight is 554 g/mol. The van der Waals surface area contributed by atoms with Crippen LogP contribution in [0.1, 0.15) is 34.7 Å². The summed E-state index contributed by atoms with van der Waals surface area (Å²) < 4.78 is 80.7. The summed E-state index contributed by atoms with van der Waals surface area (Å²) in [7, 11) is 5.44. The number of nitrogens with one attached hydrogen (secondary N) is 2. The third-order valence-electron chi connectivity index (χ3n) is 6.51. The largest absolute Gasteiger partial charge is 0.419 e. The molecule has 7 nitrogen and oxygen atoms in total. The Hall–Kier alpha value is -3.61. The SMILES string of the molecule is CNc1nc2c(c(Nc3ccc(C(F)(F)F)cc3)n1)C(CCN(C)C)CN(c1ncccc1C(F)(F)F)CC2. The fourth-order valence-corrected chi connectivity index (χ4v) is 4.62. The lowest BCUT2D eigenvalue weighted by molar-refractivity contribution is -0.138. The summed E-state index contributed by atoms with van der Waals surface area (Å²) in [6.07, 6.45) is -6.80. The van der Waals surface area contributed by atoms with Crippen LogP contribution in [0.4, 0.5) is 49.6 Å². The van der Waals surface area contributed by atoms with Crippen LogP contribution in [0, 0.1) is 0 Å². The fourth-order valence-electron chi connectivity index (χ4n) is 4.62. The van der Waals surface area contributed by atoms with Gasteiger partial charge in [0.05, 0.1) is 16.8 Å². The Labute approximate surface area is 222 Å². The van der Waals surface area contributed by atoms with E-state index >= 15 is 0 Å². The zero-order valence-electron chi connectivity index (χ0n) is 21.7. The lowest BCUT2D eigenvalue weighted by atomic mass is 9.93. The number of aromatic nitrogens is 3. The number of anilines is 4. The Morgan fingerprint density at radius 3 is 2.33 bits per heavy atom. The number of halogens is 6. The standard InChI is InChI=1S/C26H29F6N7/c1-33-24-36-20-11-14-39(23-19(26(30,31)32)5-4-12-34-23)15-16(10-13-38(2)3)21(20)22(37-24)35-18-8-6-17(7-9-18)25(27,28)29/h4-9,12,16H,10-11,13-15H2,1-3H3,(H2,33,35,36,37). The van der Waals surface area contributed by atoms with E-state index in [0.717, 1.165) is 23.8 Å². The molecule has 1 aliphatic rings. The molecule has 2 aromatic heterocycles. The molecular weight excluding hydrogens is 524 g/mol. The van der Waals surface area contributed by atoms with E-state index in [1.165, 1.54) is 24.4 Å². The van der Waals surface area contributed by atoms with E-state index in [-0.39, 0.29) is 30.8 Å². The van der Waals surface area contributed by atoms with Crippen LogP contribution in [0.2, 0.25) is 0 Å². The van der Waals surface area contributed by atoms with Gasteiger partial charge in [0, 0.05) is 49.9 Å². The van der Waals surface area contributed by atoms with Gasteiger partial charge in [-0.05, 0) is 63.5 Å². The molecule has 1 aromatic carbocycles. The van der Waals surface area contributed by atoms with E-state index in [1.807, 2.05) is 19.0 Å². The Bertz CT molecular complexity index is 1280. The van der Waals surface area contributed by atoms with Gasteiger partial charge in [0.1, 0.15) is 11.6 Å². The van der Waals surface area contributed by atoms with Gasteiger partial charge >= 0.3 is 12.4 Å². The average Bonchev–Trinajstić information content (AvgIpc) is 3.06. The van der Waals surface area contributed by atoms with Crippen molar-refractivity contribution in [3.05, 3.63) is 65.0 Å². The molecule has 1 atom stereocenters. The van der Waals surface area contributed by atoms with E-state index in [4.69, 9.17) is 0 Å². The molecule has 210 valence electrons. The highest BCUT2D eigenvalue weighted by molar-refractivity contribution is 5.64. The molecule has 0 saturated heterocycles. The second-order valence-electron chi connectivity index (χ2n) is 9.56. The molecule has 0 spiro atoms. The van der Waals surface area contributed by atoms with Crippen molar-refractivity contribution in [2.45, 2.75) is 31.1 Å². The van der Waals surface area contributed by atoms with Gasteiger partial charge in [0.25, 0.3) is 0 Å². The van der Waals surface area contributed by atoms with Crippen molar-refractivity contribution < 1.29 is 26.3 Å². The number of pyridine rings is 1. The summed E-state index contributed by atoms with van der Waals surface area (Å²) in [5.74, 6) is 0.242. The zero-order valence-corrected chi connectivity index (χ0v) is 21.7. The maximum atomic E-state index is 13.8. The number of rotatable bonds is 7. The van der Waals surface area contributed by atoms with Gasteiger partial charge in [-0.1, -0.05) is 0 Å². The third kappa shape index (κ3) is 6.70. The minimum absolute atomic E-state index is 0.147. The quantitative estimate of drug-likeness (QED) is 0.359. The van der Waals surface area contributed by atoms with Gasteiger partial charge in [-0.15, -0.1) is 0 Å². The molecule has 3 aromatic rings. The number of alkyl halides is 6. The first kappa shape index (κ1) is 28.4. The zero-order chi connectivity index (χ0) is 28.4. The highest BCUT2D eigenvalue weighted by Crippen LogP contribution is 2.40. The summed E-state index contributed by atoms with van der Waals surface area (Å²) in [5, 5.41) is 6.03. The summed E-state index contributed by atoms with van der Waals surface area (Å²) >= 11 is 0. The van der Waals surface area contributed by atoms with Gasteiger partial charge in [0.2, 0.25) is 5.95 Å². The normalized spacial score (nSPS) is 16.2. The van der Waals surface area contributed by atoms with Crippen molar-refractivity contribution in [1.82, 2.24) is 19.9 Å². The maximum Gasteiger partial charge on any atom is 0.419 e. The lowest BCUT2D eigenvalue weighted by Crippen LogP contribution is -2.32. The first-order valence-electron chi connectivity index (χ1n) is 12.3.